The first-order valence-corrected chi connectivity index (χ1v) is 2.33. The molecule has 0 aromatic carbocycles. The molecule has 0 bridgehead atoms. The second-order valence-corrected chi connectivity index (χ2v) is 1.73. The quantitative estimate of drug-likeness (QED) is 0.385. The van der Waals surface area contributed by atoms with E-state index in [4.69, 9.17) is 5.73 Å². The molecule has 2 N–H and O–H groups in total. The van der Waals surface area contributed by atoms with Crippen LogP contribution < -0.4 is 5.73 Å². The number of halogens is 1. The molecule has 3 nitrogen and oxygen atoms in total. The Labute approximate surface area is 59.3 Å². The van der Waals surface area contributed by atoms with Crippen molar-refractivity contribution < 1.29 is 9.53 Å². The molecule has 1 saturated heterocycles. The van der Waals surface area contributed by atoms with Crippen LogP contribution in [0, 0.1) is 0 Å². The van der Waals surface area contributed by atoms with E-state index in [1.807, 2.05) is 0 Å². The van der Waals surface area contributed by atoms with Crippen LogP contribution in [0.3, 0.4) is 0 Å². The Hall–Kier alpha value is -0.540. The summed E-state index contributed by atoms with van der Waals surface area (Å²) in [5.74, 6) is -0.363. The molecule has 0 radical (unpaired) electrons. The van der Waals surface area contributed by atoms with Crippen molar-refractivity contribution in [3.63, 3.8) is 0 Å². The summed E-state index contributed by atoms with van der Waals surface area (Å²) < 4.78 is 4.51. The lowest BCUT2D eigenvalue weighted by atomic mass is 10.2. The third kappa shape index (κ3) is 1.43. The van der Waals surface area contributed by atoms with Gasteiger partial charge in [-0.1, -0.05) is 6.58 Å². The molecule has 1 heterocycles. The predicted molar refractivity (Wildman–Crippen MR) is 35.3 cm³/mol. The Morgan fingerprint density at radius 1 is 1.78 bits per heavy atom. The first-order valence-electron chi connectivity index (χ1n) is 2.33. The van der Waals surface area contributed by atoms with Crippen LogP contribution in [-0.2, 0) is 9.53 Å². The summed E-state index contributed by atoms with van der Waals surface area (Å²) >= 11 is 0. The first-order chi connectivity index (χ1) is 3.72. The van der Waals surface area contributed by atoms with Crippen LogP contribution in [0.25, 0.3) is 0 Å². The molecule has 52 valence electrons. The van der Waals surface area contributed by atoms with Crippen molar-refractivity contribution in [1.82, 2.24) is 0 Å². The fourth-order valence-corrected chi connectivity index (χ4v) is 0.510. The number of esters is 1. The van der Waals surface area contributed by atoms with Gasteiger partial charge in [0.2, 0.25) is 0 Å². The molecule has 4 heteroatoms. The minimum atomic E-state index is -0.363. The molecule has 9 heavy (non-hydrogen) atoms. The van der Waals surface area contributed by atoms with Crippen LogP contribution in [0.2, 0.25) is 0 Å². The van der Waals surface area contributed by atoms with E-state index in [0.29, 0.717) is 5.57 Å². The van der Waals surface area contributed by atoms with Gasteiger partial charge in [-0.15, -0.1) is 12.4 Å². The van der Waals surface area contributed by atoms with Gasteiger partial charge in [-0.05, 0) is 0 Å². The van der Waals surface area contributed by atoms with E-state index in [-0.39, 0.29) is 31.0 Å². The average Bonchev–Trinajstić information content (AvgIpc) is 1.98. The summed E-state index contributed by atoms with van der Waals surface area (Å²) in [6.45, 7) is 3.71. The highest BCUT2D eigenvalue weighted by atomic mass is 35.5. The van der Waals surface area contributed by atoms with E-state index in [1.165, 1.54) is 0 Å². The fraction of sp³-hybridized carbons (Fsp3) is 0.400. The lowest BCUT2D eigenvalue weighted by molar-refractivity contribution is -0.135. The zero-order valence-electron chi connectivity index (χ0n) is 4.79. The molecule has 1 atom stereocenters. The number of nitrogens with two attached hydrogens (primary N) is 1. The number of ether oxygens (including phenoxy) is 1. The summed E-state index contributed by atoms with van der Waals surface area (Å²) in [5.41, 5.74) is 5.70. The topological polar surface area (TPSA) is 52.3 Å². The third-order valence-corrected chi connectivity index (χ3v) is 1.10. The van der Waals surface area contributed by atoms with Crippen molar-refractivity contribution in [3.05, 3.63) is 12.2 Å². The van der Waals surface area contributed by atoms with E-state index in [0.717, 1.165) is 0 Å². The molecule has 0 spiro atoms. The molecule has 1 aliphatic rings. The maximum atomic E-state index is 10.4. The number of carbonyl (C=O) groups is 1. The maximum absolute atomic E-state index is 10.4. The molecule has 0 saturated carbocycles. The summed E-state index contributed by atoms with van der Waals surface area (Å²) in [6, 6.07) is -0.275. The second-order valence-electron chi connectivity index (χ2n) is 1.73. The third-order valence-electron chi connectivity index (χ3n) is 1.10. The molecule has 1 aliphatic heterocycles. The predicted octanol–water partition coefficient (Wildman–Crippen LogP) is -0.152. The Bertz CT molecular complexity index is 146. The summed E-state index contributed by atoms with van der Waals surface area (Å²) in [5, 5.41) is 0. The SMILES string of the molecule is C=C1C(=O)OC[C@H]1N.Cl. The zero-order chi connectivity index (χ0) is 6.15. The molecular weight excluding hydrogens is 142 g/mol. The highest BCUT2D eigenvalue weighted by Crippen LogP contribution is 2.08. The van der Waals surface area contributed by atoms with Crippen LogP contribution >= 0.6 is 12.4 Å². The van der Waals surface area contributed by atoms with Gasteiger partial charge in [-0.25, -0.2) is 4.79 Å². The lowest BCUT2D eigenvalue weighted by Crippen LogP contribution is -2.21. The van der Waals surface area contributed by atoms with Crippen molar-refractivity contribution in [2.24, 2.45) is 5.73 Å². The molecule has 0 aromatic heterocycles. The fourth-order valence-electron chi connectivity index (χ4n) is 0.510. The van der Waals surface area contributed by atoms with Gasteiger partial charge in [0.15, 0.2) is 0 Å². The summed E-state index contributed by atoms with van der Waals surface area (Å²) in [4.78, 5) is 10.4. The van der Waals surface area contributed by atoms with Crippen molar-refractivity contribution in [2.75, 3.05) is 6.61 Å². The van der Waals surface area contributed by atoms with Crippen LogP contribution in [0.4, 0.5) is 0 Å². The number of rotatable bonds is 0. The Morgan fingerprint density at radius 3 is 2.44 bits per heavy atom. The highest BCUT2D eigenvalue weighted by molar-refractivity contribution is 5.91. The second kappa shape index (κ2) is 2.85. The standard InChI is InChI=1S/C5H7NO2.ClH/c1-3-4(6)2-8-5(3)7;/h4H,1-2,6H2;1H/t4-;/m1./s1. The van der Waals surface area contributed by atoms with Gasteiger partial charge in [0.25, 0.3) is 0 Å². The zero-order valence-corrected chi connectivity index (χ0v) is 5.61. The average molecular weight is 150 g/mol. The minimum Gasteiger partial charge on any atom is -0.460 e. The van der Waals surface area contributed by atoms with E-state index < -0.39 is 0 Å². The Morgan fingerprint density at radius 2 is 2.33 bits per heavy atom. The van der Waals surface area contributed by atoms with Gasteiger partial charge in [0, 0.05) is 0 Å². The number of cyclic esters (lactones) is 1. The molecule has 0 aromatic rings. The van der Waals surface area contributed by atoms with Gasteiger partial charge in [-0.2, -0.15) is 0 Å². The van der Waals surface area contributed by atoms with Gasteiger partial charge in [0.1, 0.15) is 6.61 Å². The lowest BCUT2D eigenvalue weighted by Gasteiger charge is -1.91. The number of hydrogen-bond donors (Lipinski definition) is 1. The highest BCUT2D eigenvalue weighted by Gasteiger charge is 2.24. The van der Waals surface area contributed by atoms with Gasteiger partial charge >= 0.3 is 5.97 Å². The maximum Gasteiger partial charge on any atom is 0.335 e. The number of carbonyl (C=O) groups excluding carboxylic acids is 1. The van der Waals surface area contributed by atoms with Crippen LogP contribution in [0.1, 0.15) is 0 Å². The largest absolute Gasteiger partial charge is 0.460 e. The smallest absolute Gasteiger partial charge is 0.335 e. The molecule has 0 unspecified atom stereocenters. The molecule has 0 aliphatic carbocycles. The van der Waals surface area contributed by atoms with Gasteiger partial charge < -0.3 is 10.5 Å². The van der Waals surface area contributed by atoms with E-state index >= 15 is 0 Å². The van der Waals surface area contributed by atoms with Crippen molar-refractivity contribution >= 4 is 18.4 Å². The molecule has 1 rings (SSSR count). The monoisotopic (exact) mass is 149 g/mol. The van der Waals surface area contributed by atoms with Crippen LogP contribution in [0.15, 0.2) is 12.2 Å². The molecule has 1 fully saturated rings. The van der Waals surface area contributed by atoms with E-state index in [1.54, 1.807) is 0 Å². The van der Waals surface area contributed by atoms with Crippen LogP contribution in [-0.4, -0.2) is 18.6 Å². The van der Waals surface area contributed by atoms with Crippen LogP contribution in [0.5, 0.6) is 0 Å². The molecular formula is C5H8ClNO2. The van der Waals surface area contributed by atoms with Crippen molar-refractivity contribution in [3.8, 4) is 0 Å². The number of hydrogen-bond acceptors (Lipinski definition) is 3. The summed E-state index contributed by atoms with van der Waals surface area (Å²) in [6.07, 6.45) is 0. The normalized spacial score (nSPS) is 25.2. The van der Waals surface area contributed by atoms with E-state index in [2.05, 4.69) is 11.3 Å². The van der Waals surface area contributed by atoms with E-state index in [9.17, 15) is 4.79 Å². The Kier molecular flexibility index (Phi) is 2.67. The summed E-state index contributed by atoms with van der Waals surface area (Å²) in [7, 11) is 0. The van der Waals surface area contributed by atoms with Crippen molar-refractivity contribution in [2.45, 2.75) is 6.04 Å². The van der Waals surface area contributed by atoms with Crippen molar-refractivity contribution in [1.29, 1.82) is 0 Å². The van der Waals surface area contributed by atoms with Gasteiger partial charge in [0.05, 0.1) is 11.6 Å². The Balaban J connectivity index is 0.000000640. The first kappa shape index (κ1) is 8.46. The van der Waals surface area contributed by atoms with Gasteiger partial charge in [-0.3, -0.25) is 0 Å². The molecule has 0 amide bonds. The minimum absolute atomic E-state index is 0.